The van der Waals surface area contributed by atoms with Crippen molar-refractivity contribution in [2.45, 2.75) is 20.8 Å². The lowest BCUT2D eigenvalue weighted by Gasteiger charge is -2.19. The zero-order valence-corrected chi connectivity index (χ0v) is 15.4. The molecule has 0 aromatic heterocycles. The number of nitro groups is 1. The second-order valence-corrected chi connectivity index (χ2v) is 6.93. The Bertz CT molecular complexity index is 884. The van der Waals surface area contributed by atoms with Gasteiger partial charge in [0.1, 0.15) is 5.70 Å². The molecule has 2 aromatic carbocycles. The van der Waals surface area contributed by atoms with Crippen LogP contribution < -0.4 is 10.6 Å². The van der Waals surface area contributed by atoms with E-state index in [4.69, 9.17) is 0 Å². The summed E-state index contributed by atoms with van der Waals surface area (Å²) >= 11 is 0. The van der Waals surface area contributed by atoms with Gasteiger partial charge in [-0.3, -0.25) is 19.7 Å². The highest BCUT2D eigenvalue weighted by molar-refractivity contribution is 6.09. The summed E-state index contributed by atoms with van der Waals surface area (Å²) in [6.45, 7) is 5.21. The first-order chi connectivity index (χ1) is 12.7. The molecule has 7 heteroatoms. The predicted octanol–water partition coefficient (Wildman–Crippen LogP) is 3.74. The number of anilines is 1. The molecule has 0 saturated carbocycles. The normalized spacial score (nSPS) is 11.6. The van der Waals surface area contributed by atoms with E-state index in [1.807, 2.05) is 18.2 Å². The van der Waals surface area contributed by atoms with Crippen LogP contribution in [0.3, 0.4) is 0 Å². The maximum Gasteiger partial charge on any atom is 0.272 e. The Balaban J connectivity index is 2.31. The number of amides is 2. The van der Waals surface area contributed by atoms with Crippen molar-refractivity contribution in [1.29, 1.82) is 0 Å². The molecule has 2 amide bonds. The molecule has 27 heavy (non-hydrogen) atoms. The fraction of sp³-hybridized carbons (Fsp3) is 0.200. The van der Waals surface area contributed by atoms with Crippen LogP contribution in [0.2, 0.25) is 0 Å². The van der Waals surface area contributed by atoms with Crippen molar-refractivity contribution >= 4 is 29.3 Å². The standard InChI is InChI=1S/C20H21N3O4/c1-20(2,3)19(25)22-17(12-14-8-5-4-6-9-14)18(24)21-15-10-7-11-16(13-15)23(26)27/h4-13H,1-3H3,(H,21,24)(H,22,25)/b17-12+. The number of carbonyl (C=O) groups is 2. The molecule has 2 N–H and O–H groups in total. The van der Waals surface area contributed by atoms with Gasteiger partial charge in [-0.1, -0.05) is 57.2 Å². The van der Waals surface area contributed by atoms with Gasteiger partial charge >= 0.3 is 0 Å². The summed E-state index contributed by atoms with van der Waals surface area (Å²) in [6.07, 6.45) is 1.55. The van der Waals surface area contributed by atoms with Gasteiger partial charge in [0.2, 0.25) is 5.91 Å². The molecule has 0 radical (unpaired) electrons. The number of rotatable bonds is 5. The van der Waals surface area contributed by atoms with E-state index in [2.05, 4.69) is 10.6 Å². The number of nitrogens with one attached hydrogen (secondary N) is 2. The highest BCUT2D eigenvalue weighted by Gasteiger charge is 2.24. The van der Waals surface area contributed by atoms with E-state index in [-0.39, 0.29) is 23.0 Å². The zero-order chi connectivity index (χ0) is 20.0. The van der Waals surface area contributed by atoms with E-state index < -0.39 is 16.2 Å². The van der Waals surface area contributed by atoms with Gasteiger partial charge in [0.25, 0.3) is 11.6 Å². The van der Waals surface area contributed by atoms with E-state index in [1.54, 1.807) is 39.0 Å². The molecule has 0 spiro atoms. The Morgan fingerprint density at radius 1 is 1.04 bits per heavy atom. The van der Waals surface area contributed by atoms with Crippen LogP contribution in [0.1, 0.15) is 26.3 Å². The highest BCUT2D eigenvalue weighted by Crippen LogP contribution is 2.19. The average Bonchev–Trinajstić information content (AvgIpc) is 2.61. The molecule has 0 aliphatic carbocycles. The average molecular weight is 367 g/mol. The number of nitrogens with zero attached hydrogens (tertiary/aromatic N) is 1. The number of carbonyl (C=O) groups excluding carboxylic acids is 2. The molecule has 0 atom stereocenters. The third kappa shape index (κ3) is 5.78. The van der Waals surface area contributed by atoms with Gasteiger partial charge in [-0.25, -0.2) is 0 Å². The Kier molecular flexibility index (Phi) is 6.07. The highest BCUT2D eigenvalue weighted by atomic mass is 16.6. The molecule has 0 saturated heterocycles. The van der Waals surface area contributed by atoms with Crippen molar-refractivity contribution in [3.05, 3.63) is 76.0 Å². The Labute approximate surface area is 157 Å². The first-order valence-electron chi connectivity index (χ1n) is 8.31. The van der Waals surface area contributed by atoms with Crippen molar-refractivity contribution in [3.63, 3.8) is 0 Å². The second kappa shape index (κ2) is 8.27. The molecule has 7 nitrogen and oxygen atoms in total. The molecule has 0 fully saturated rings. The molecular formula is C20H21N3O4. The van der Waals surface area contributed by atoms with Crippen LogP contribution in [-0.2, 0) is 9.59 Å². The Morgan fingerprint density at radius 3 is 2.30 bits per heavy atom. The van der Waals surface area contributed by atoms with Gasteiger partial charge in [0, 0.05) is 23.2 Å². The number of hydrogen-bond donors (Lipinski definition) is 2. The van der Waals surface area contributed by atoms with Crippen molar-refractivity contribution < 1.29 is 14.5 Å². The zero-order valence-electron chi connectivity index (χ0n) is 15.4. The second-order valence-electron chi connectivity index (χ2n) is 6.93. The van der Waals surface area contributed by atoms with Crippen molar-refractivity contribution in [2.75, 3.05) is 5.32 Å². The van der Waals surface area contributed by atoms with Gasteiger partial charge < -0.3 is 10.6 Å². The van der Waals surface area contributed by atoms with Crippen LogP contribution in [0.4, 0.5) is 11.4 Å². The van der Waals surface area contributed by atoms with E-state index in [0.29, 0.717) is 0 Å². The van der Waals surface area contributed by atoms with Crippen LogP contribution in [0.25, 0.3) is 6.08 Å². The van der Waals surface area contributed by atoms with Gasteiger partial charge in [-0.15, -0.1) is 0 Å². The summed E-state index contributed by atoms with van der Waals surface area (Å²) in [4.78, 5) is 35.4. The summed E-state index contributed by atoms with van der Waals surface area (Å²) in [6, 6.07) is 14.7. The summed E-state index contributed by atoms with van der Waals surface area (Å²) < 4.78 is 0. The molecule has 2 aromatic rings. The van der Waals surface area contributed by atoms with E-state index >= 15 is 0 Å². The van der Waals surface area contributed by atoms with E-state index in [1.165, 1.54) is 24.3 Å². The van der Waals surface area contributed by atoms with Crippen molar-refractivity contribution in [3.8, 4) is 0 Å². The van der Waals surface area contributed by atoms with Gasteiger partial charge in [0.05, 0.1) is 4.92 Å². The fourth-order valence-electron chi connectivity index (χ4n) is 2.08. The summed E-state index contributed by atoms with van der Waals surface area (Å²) in [5.74, 6) is -0.893. The summed E-state index contributed by atoms with van der Waals surface area (Å²) in [7, 11) is 0. The maximum absolute atomic E-state index is 12.7. The quantitative estimate of drug-likeness (QED) is 0.477. The fourth-order valence-corrected chi connectivity index (χ4v) is 2.08. The van der Waals surface area contributed by atoms with E-state index in [9.17, 15) is 19.7 Å². The molecule has 0 bridgehead atoms. The van der Waals surface area contributed by atoms with Crippen LogP contribution in [-0.4, -0.2) is 16.7 Å². The maximum atomic E-state index is 12.7. The number of nitro benzene ring substituents is 1. The topological polar surface area (TPSA) is 101 Å². The lowest BCUT2D eigenvalue weighted by atomic mass is 9.95. The lowest BCUT2D eigenvalue weighted by molar-refractivity contribution is -0.384. The molecule has 0 aliphatic heterocycles. The van der Waals surface area contributed by atoms with Crippen molar-refractivity contribution in [1.82, 2.24) is 5.32 Å². The lowest BCUT2D eigenvalue weighted by Crippen LogP contribution is -2.38. The predicted molar refractivity (Wildman–Crippen MR) is 104 cm³/mol. The first kappa shape index (κ1) is 19.8. The van der Waals surface area contributed by atoms with Crippen molar-refractivity contribution in [2.24, 2.45) is 5.41 Å². The van der Waals surface area contributed by atoms with Gasteiger partial charge in [0.15, 0.2) is 0 Å². The minimum absolute atomic E-state index is 0.0487. The molecule has 0 unspecified atom stereocenters. The van der Waals surface area contributed by atoms with E-state index in [0.717, 1.165) is 5.56 Å². The minimum atomic E-state index is -0.693. The Morgan fingerprint density at radius 2 is 1.70 bits per heavy atom. The monoisotopic (exact) mass is 367 g/mol. The summed E-state index contributed by atoms with van der Waals surface area (Å²) in [5.41, 5.74) is 0.212. The number of benzene rings is 2. The van der Waals surface area contributed by atoms with Crippen LogP contribution in [0.5, 0.6) is 0 Å². The molecular weight excluding hydrogens is 346 g/mol. The molecule has 0 heterocycles. The van der Waals surface area contributed by atoms with Crippen LogP contribution in [0.15, 0.2) is 60.3 Å². The number of hydrogen-bond acceptors (Lipinski definition) is 4. The van der Waals surface area contributed by atoms with Crippen LogP contribution >= 0.6 is 0 Å². The van der Waals surface area contributed by atoms with Crippen LogP contribution in [0, 0.1) is 15.5 Å². The summed E-state index contributed by atoms with van der Waals surface area (Å²) in [5, 5.41) is 16.1. The molecule has 0 aliphatic rings. The number of non-ortho nitro benzene ring substituents is 1. The molecule has 2 rings (SSSR count). The Hall–Kier alpha value is -3.48. The largest absolute Gasteiger partial charge is 0.321 e. The first-order valence-corrected chi connectivity index (χ1v) is 8.31. The van der Waals surface area contributed by atoms with Gasteiger partial charge in [-0.05, 0) is 17.7 Å². The third-order valence-corrected chi connectivity index (χ3v) is 3.60. The minimum Gasteiger partial charge on any atom is -0.321 e. The SMILES string of the molecule is CC(C)(C)C(=O)N/C(=C/c1ccccc1)C(=O)Nc1cccc([N+](=O)[O-])c1. The smallest absolute Gasteiger partial charge is 0.272 e. The third-order valence-electron chi connectivity index (χ3n) is 3.60. The molecule has 140 valence electrons. The van der Waals surface area contributed by atoms with Gasteiger partial charge in [-0.2, -0.15) is 0 Å².